The van der Waals surface area contributed by atoms with Gasteiger partial charge < -0.3 is 15.0 Å². The molecule has 0 heterocycles. The first kappa shape index (κ1) is 28.9. The Morgan fingerprint density at radius 2 is 1.74 bits per heavy atom. The topological polar surface area (TPSA) is 96.0 Å². The van der Waals surface area contributed by atoms with Crippen LogP contribution in [-0.4, -0.2) is 57.6 Å². The van der Waals surface area contributed by atoms with Crippen LogP contribution in [0.15, 0.2) is 46.9 Å². The Morgan fingerprint density at radius 3 is 2.26 bits per heavy atom. The van der Waals surface area contributed by atoms with Crippen molar-refractivity contribution in [3.63, 3.8) is 0 Å². The van der Waals surface area contributed by atoms with E-state index in [1.807, 2.05) is 38.1 Å². The maximum Gasteiger partial charge on any atom is 0.244 e. The lowest BCUT2D eigenvalue weighted by molar-refractivity contribution is -0.139. The quantitative estimate of drug-likeness (QED) is 0.427. The third kappa shape index (κ3) is 8.40. The molecule has 35 heavy (non-hydrogen) atoms. The van der Waals surface area contributed by atoms with E-state index in [-0.39, 0.29) is 29.1 Å². The first-order valence-electron chi connectivity index (χ1n) is 11.0. The predicted octanol–water partition coefficient (Wildman–Crippen LogP) is 4.07. The Hall–Kier alpha value is -2.30. The maximum absolute atomic E-state index is 13.5. The van der Waals surface area contributed by atoms with Gasteiger partial charge in [-0.2, -0.15) is 0 Å². The SMILES string of the molecule is COc1ccc(N(CC(=O)N(Cc2ccc(Br)cc2)[C@H](C)C(=O)NCC(C)C)S(C)(=O)=O)cc1Cl. The molecule has 0 radical (unpaired) electrons. The van der Waals surface area contributed by atoms with E-state index in [4.69, 9.17) is 16.3 Å². The number of hydrogen-bond acceptors (Lipinski definition) is 5. The average molecular weight is 589 g/mol. The fraction of sp³-hybridized carbons (Fsp3) is 0.417. The molecule has 1 atom stereocenters. The highest BCUT2D eigenvalue weighted by Crippen LogP contribution is 2.30. The molecule has 0 bridgehead atoms. The zero-order valence-corrected chi connectivity index (χ0v) is 23.6. The fourth-order valence-corrected chi connectivity index (χ4v) is 4.60. The predicted molar refractivity (Wildman–Crippen MR) is 142 cm³/mol. The summed E-state index contributed by atoms with van der Waals surface area (Å²) in [5.41, 5.74) is 1.01. The summed E-state index contributed by atoms with van der Waals surface area (Å²) in [5, 5.41) is 3.05. The number of rotatable bonds is 11. The van der Waals surface area contributed by atoms with Gasteiger partial charge in [0.1, 0.15) is 18.3 Å². The Bertz CT molecular complexity index is 1140. The van der Waals surface area contributed by atoms with Crippen LogP contribution in [0.4, 0.5) is 5.69 Å². The maximum atomic E-state index is 13.5. The van der Waals surface area contributed by atoms with E-state index in [1.165, 1.54) is 30.2 Å². The minimum absolute atomic E-state index is 0.128. The zero-order chi connectivity index (χ0) is 26.3. The molecule has 2 rings (SSSR count). The minimum atomic E-state index is -3.85. The Kier molecular flexibility index (Phi) is 10.4. The standard InChI is InChI=1S/C24H31BrClN3O5S/c1-16(2)13-27-24(31)17(3)28(14-18-6-8-19(25)9-7-18)23(30)15-29(35(5,32)33)20-10-11-22(34-4)21(26)12-20/h6-12,16-17H,13-15H2,1-5H3,(H,27,31)/t17-/m1/s1. The number of ether oxygens (including phenoxy) is 1. The first-order valence-corrected chi connectivity index (χ1v) is 14.0. The molecule has 0 aliphatic rings. The van der Waals surface area contributed by atoms with Gasteiger partial charge in [-0.25, -0.2) is 8.42 Å². The van der Waals surface area contributed by atoms with Gasteiger partial charge in [0.05, 0.1) is 24.1 Å². The molecule has 1 N–H and O–H groups in total. The molecular formula is C24H31BrClN3O5S. The molecule has 0 unspecified atom stereocenters. The van der Waals surface area contributed by atoms with Crippen LogP contribution in [0, 0.1) is 5.92 Å². The normalized spacial score (nSPS) is 12.2. The van der Waals surface area contributed by atoms with Crippen LogP contribution in [0.3, 0.4) is 0 Å². The van der Waals surface area contributed by atoms with Crippen LogP contribution in [0.2, 0.25) is 5.02 Å². The number of carbonyl (C=O) groups is 2. The number of methoxy groups -OCH3 is 1. The summed E-state index contributed by atoms with van der Waals surface area (Å²) in [5.74, 6) is -0.232. The second-order valence-electron chi connectivity index (χ2n) is 8.55. The van der Waals surface area contributed by atoms with Gasteiger partial charge in [-0.1, -0.05) is 53.5 Å². The lowest BCUT2D eigenvalue weighted by Gasteiger charge is -2.31. The van der Waals surface area contributed by atoms with Crippen LogP contribution in [-0.2, 0) is 26.2 Å². The van der Waals surface area contributed by atoms with Crippen molar-refractivity contribution in [2.24, 2.45) is 5.92 Å². The van der Waals surface area contributed by atoms with Crippen molar-refractivity contribution in [2.45, 2.75) is 33.4 Å². The number of sulfonamides is 1. The summed E-state index contributed by atoms with van der Waals surface area (Å²) in [6.07, 6.45) is 1.01. The van der Waals surface area contributed by atoms with Gasteiger partial charge in [0.15, 0.2) is 0 Å². The zero-order valence-electron chi connectivity index (χ0n) is 20.4. The van der Waals surface area contributed by atoms with Crippen LogP contribution in [0.1, 0.15) is 26.3 Å². The van der Waals surface area contributed by atoms with E-state index in [0.29, 0.717) is 12.3 Å². The van der Waals surface area contributed by atoms with Gasteiger partial charge in [-0.05, 0) is 48.7 Å². The third-order valence-corrected chi connectivity index (χ3v) is 7.19. The number of hydrogen-bond donors (Lipinski definition) is 1. The number of nitrogens with one attached hydrogen (secondary N) is 1. The van der Waals surface area contributed by atoms with E-state index >= 15 is 0 Å². The summed E-state index contributed by atoms with van der Waals surface area (Å²) in [6, 6.07) is 11.0. The number of carbonyl (C=O) groups excluding carboxylic acids is 2. The number of nitrogens with zero attached hydrogens (tertiary/aromatic N) is 2. The first-order chi connectivity index (χ1) is 16.3. The van der Waals surface area contributed by atoms with Gasteiger partial charge in [-0.15, -0.1) is 0 Å². The minimum Gasteiger partial charge on any atom is -0.495 e. The molecule has 0 aromatic heterocycles. The smallest absolute Gasteiger partial charge is 0.244 e. The summed E-state index contributed by atoms with van der Waals surface area (Å²) in [4.78, 5) is 27.7. The summed E-state index contributed by atoms with van der Waals surface area (Å²) >= 11 is 9.58. The molecule has 0 saturated heterocycles. The van der Waals surface area contributed by atoms with Gasteiger partial charge in [0.2, 0.25) is 21.8 Å². The van der Waals surface area contributed by atoms with Crippen molar-refractivity contribution in [1.82, 2.24) is 10.2 Å². The van der Waals surface area contributed by atoms with Crippen molar-refractivity contribution in [3.05, 3.63) is 57.5 Å². The van der Waals surface area contributed by atoms with E-state index in [9.17, 15) is 18.0 Å². The van der Waals surface area contributed by atoms with Gasteiger partial charge in [-0.3, -0.25) is 13.9 Å². The Balaban J connectivity index is 2.38. The number of benzene rings is 2. The second kappa shape index (κ2) is 12.6. The van der Waals surface area contributed by atoms with Crippen LogP contribution in [0.5, 0.6) is 5.75 Å². The highest BCUT2D eigenvalue weighted by atomic mass is 79.9. The monoisotopic (exact) mass is 587 g/mol. The van der Waals surface area contributed by atoms with Crippen LogP contribution in [0.25, 0.3) is 0 Å². The second-order valence-corrected chi connectivity index (χ2v) is 11.8. The van der Waals surface area contributed by atoms with Gasteiger partial charge in [0, 0.05) is 17.6 Å². The molecule has 0 aliphatic heterocycles. The van der Waals surface area contributed by atoms with Crippen molar-refractivity contribution in [2.75, 3.05) is 30.8 Å². The number of halogens is 2. The number of amides is 2. The van der Waals surface area contributed by atoms with Crippen molar-refractivity contribution < 1.29 is 22.7 Å². The highest BCUT2D eigenvalue weighted by molar-refractivity contribution is 9.10. The highest BCUT2D eigenvalue weighted by Gasteiger charge is 2.30. The van der Waals surface area contributed by atoms with E-state index < -0.39 is 28.5 Å². The molecule has 2 aromatic carbocycles. The van der Waals surface area contributed by atoms with Crippen LogP contribution >= 0.6 is 27.5 Å². The third-order valence-electron chi connectivity index (χ3n) is 5.22. The lowest BCUT2D eigenvalue weighted by atomic mass is 10.1. The van der Waals surface area contributed by atoms with Gasteiger partial charge in [0.25, 0.3) is 0 Å². The molecule has 0 spiro atoms. The Morgan fingerprint density at radius 1 is 1.11 bits per heavy atom. The molecule has 0 aliphatic carbocycles. The largest absolute Gasteiger partial charge is 0.495 e. The summed E-state index contributed by atoms with van der Waals surface area (Å²) in [6.45, 7) is 5.66. The summed E-state index contributed by atoms with van der Waals surface area (Å²) in [7, 11) is -2.40. The molecular weight excluding hydrogens is 558 g/mol. The molecule has 192 valence electrons. The van der Waals surface area contributed by atoms with Crippen LogP contribution < -0.4 is 14.4 Å². The average Bonchev–Trinajstić information content (AvgIpc) is 2.79. The Labute approximate surface area is 220 Å². The molecule has 8 nitrogen and oxygen atoms in total. The van der Waals surface area contributed by atoms with E-state index in [0.717, 1.165) is 20.6 Å². The molecule has 0 saturated carbocycles. The fourth-order valence-electron chi connectivity index (χ4n) is 3.25. The molecule has 0 fully saturated rings. The van der Waals surface area contributed by atoms with Crippen molar-refractivity contribution in [3.8, 4) is 5.75 Å². The molecule has 2 aromatic rings. The van der Waals surface area contributed by atoms with Crippen molar-refractivity contribution >= 4 is 55.1 Å². The molecule has 11 heteroatoms. The summed E-state index contributed by atoms with van der Waals surface area (Å²) < 4.78 is 32.2. The van der Waals surface area contributed by atoms with E-state index in [2.05, 4.69) is 21.2 Å². The van der Waals surface area contributed by atoms with Crippen molar-refractivity contribution in [1.29, 1.82) is 0 Å². The molecule has 2 amide bonds. The lowest BCUT2D eigenvalue weighted by Crippen LogP contribution is -2.51. The van der Waals surface area contributed by atoms with E-state index in [1.54, 1.807) is 6.92 Å². The number of anilines is 1. The van der Waals surface area contributed by atoms with Gasteiger partial charge >= 0.3 is 0 Å².